The molecular weight excluding hydrogens is 314 g/mol. The van der Waals surface area contributed by atoms with Crippen LogP contribution in [-0.2, 0) is 6.54 Å². The fourth-order valence-corrected chi connectivity index (χ4v) is 1.72. The highest BCUT2D eigenvalue weighted by Crippen LogP contribution is 2.10. The molecule has 7 heteroatoms. The second-order valence-corrected chi connectivity index (χ2v) is 4.71. The van der Waals surface area contributed by atoms with Gasteiger partial charge in [0.15, 0.2) is 0 Å². The van der Waals surface area contributed by atoms with Crippen LogP contribution in [0.4, 0.5) is 0 Å². The van der Waals surface area contributed by atoms with Gasteiger partial charge in [0, 0.05) is 17.2 Å². The molecule has 1 amide bonds. The molecule has 0 aliphatic heterocycles. The van der Waals surface area contributed by atoms with Gasteiger partial charge in [-0.05, 0) is 17.7 Å². The molecule has 98 valence electrons. The van der Waals surface area contributed by atoms with Crippen LogP contribution in [0.25, 0.3) is 0 Å². The van der Waals surface area contributed by atoms with Crippen LogP contribution in [0.15, 0.2) is 44.5 Å². The predicted molar refractivity (Wildman–Crippen MR) is 73.0 cm³/mol. The van der Waals surface area contributed by atoms with Crippen molar-refractivity contribution in [1.29, 1.82) is 0 Å². The van der Waals surface area contributed by atoms with E-state index in [1.54, 1.807) is 0 Å². The third-order valence-corrected chi connectivity index (χ3v) is 2.96. The average Bonchev–Trinajstić information content (AvgIpc) is 2.37. The fraction of sp³-hybridized carbons (Fsp3) is 0.0833. The van der Waals surface area contributed by atoms with Crippen molar-refractivity contribution in [2.45, 2.75) is 6.54 Å². The number of aromatic nitrogens is 2. The first-order chi connectivity index (χ1) is 9.06. The molecule has 0 fully saturated rings. The van der Waals surface area contributed by atoms with Crippen molar-refractivity contribution in [3.8, 4) is 0 Å². The van der Waals surface area contributed by atoms with Crippen molar-refractivity contribution in [3.05, 3.63) is 66.9 Å². The maximum absolute atomic E-state index is 11.8. The van der Waals surface area contributed by atoms with Gasteiger partial charge >= 0.3 is 5.69 Å². The van der Waals surface area contributed by atoms with E-state index in [9.17, 15) is 14.4 Å². The molecule has 0 saturated heterocycles. The van der Waals surface area contributed by atoms with E-state index < -0.39 is 17.2 Å². The molecule has 0 unspecified atom stereocenters. The topological polar surface area (TPSA) is 94.8 Å². The standard InChI is InChI=1S/C12H10BrN3O3/c13-8-3-1-7(2-4-8)5-14-10(17)9-6-15-12(19)16-11(9)18/h1-4,6H,5H2,(H,14,17)(H2,15,16,18,19). The summed E-state index contributed by atoms with van der Waals surface area (Å²) < 4.78 is 0.944. The van der Waals surface area contributed by atoms with Gasteiger partial charge in [-0.3, -0.25) is 14.6 Å². The molecule has 0 aliphatic carbocycles. The second kappa shape index (κ2) is 5.66. The summed E-state index contributed by atoms with van der Waals surface area (Å²) in [7, 11) is 0. The lowest BCUT2D eigenvalue weighted by molar-refractivity contribution is 0.0949. The molecule has 0 bridgehead atoms. The van der Waals surface area contributed by atoms with Crippen LogP contribution in [0.5, 0.6) is 0 Å². The lowest BCUT2D eigenvalue weighted by atomic mass is 10.2. The first-order valence-electron chi connectivity index (χ1n) is 5.41. The Morgan fingerprint density at radius 3 is 2.53 bits per heavy atom. The van der Waals surface area contributed by atoms with Gasteiger partial charge in [-0.2, -0.15) is 0 Å². The molecule has 0 radical (unpaired) electrons. The zero-order chi connectivity index (χ0) is 13.8. The van der Waals surface area contributed by atoms with Gasteiger partial charge in [0.05, 0.1) is 0 Å². The van der Waals surface area contributed by atoms with E-state index in [1.807, 2.05) is 29.2 Å². The highest BCUT2D eigenvalue weighted by molar-refractivity contribution is 9.10. The lowest BCUT2D eigenvalue weighted by Crippen LogP contribution is -2.33. The maximum Gasteiger partial charge on any atom is 0.325 e. The molecule has 0 spiro atoms. The third-order valence-electron chi connectivity index (χ3n) is 2.43. The van der Waals surface area contributed by atoms with Crippen molar-refractivity contribution >= 4 is 21.8 Å². The summed E-state index contributed by atoms with van der Waals surface area (Å²) in [5.74, 6) is -0.541. The van der Waals surface area contributed by atoms with Crippen LogP contribution >= 0.6 is 15.9 Å². The molecule has 6 nitrogen and oxygen atoms in total. The minimum absolute atomic E-state index is 0.128. The lowest BCUT2D eigenvalue weighted by Gasteiger charge is -2.04. The van der Waals surface area contributed by atoms with Crippen LogP contribution in [0.3, 0.4) is 0 Å². The van der Waals surface area contributed by atoms with Gasteiger partial charge in [0.2, 0.25) is 0 Å². The summed E-state index contributed by atoms with van der Waals surface area (Å²) >= 11 is 3.31. The summed E-state index contributed by atoms with van der Waals surface area (Å²) in [6, 6.07) is 7.41. The molecule has 2 aromatic rings. The molecule has 1 aromatic carbocycles. The Hall–Kier alpha value is -2.15. The molecular formula is C12H10BrN3O3. The van der Waals surface area contributed by atoms with Crippen molar-refractivity contribution in [1.82, 2.24) is 15.3 Å². The van der Waals surface area contributed by atoms with Crippen LogP contribution < -0.4 is 16.6 Å². The van der Waals surface area contributed by atoms with Gasteiger partial charge in [-0.15, -0.1) is 0 Å². The van der Waals surface area contributed by atoms with Crippen LogP contribution in [0.2, 0.25) is 0 Å². The zero-order valence-corrected chi connectivity index (χ0v) is 11.3. The molecule has 1 aromatic heterocycles. The van der Waals surface area contributed by atoms with E-state index in [0.717, 1.165) is 16.2 Å². The number of carbonyl (C=O) groups is 1. The van der Waals surface area contributed by atoms with Gasteiger partial charge < -0.3 is 10.3 Å². The van der Waals surface area contributed by atoms with E-state index in [2.05, 4.69) is 26.2 Å². The number of nitrogens with one attached hydrogen (secondary N) is 3. The summed E-state index contributed by atoms with van der Waals surface area (Å²) in [5, 5.41) is 2.60. The first-order valence-corrected chi connectivity index (χ1v) is 6.20. The highest BCUT2D eigenvalue weighted by atomic mass is 79.9. The molecule has 0 saturated carbocycles. The Kier molecular flexibility index (Phi) is 3.96. The second-order valence-electron chi connectivity index (χ2n) is 3.79. The summed E-state index contributed by atoms with van der Waals surface area (Å²) in [6.45, 7) is 0.296. The first kappa shape index (κ1) is 13.3. The maximum atomic E-state index is 11.8. The number of hydrogen-bond donors (Lipinski definition) is 3. The predicted octanol–water partition coefficient (Wildman–Crippen LogP) is 0.756. The quantitative estimate of drug-likeness (QED) is 0.778. The number of benzene rings is 1. The van der Waals surface area contributed by atoms with Gasteiger partial charge in [0.25, 0.3) is 11.5 Å². The smallest absolute Gasteiger partial charge is 0.325 e. The monoisotopic (exact) mass is 323 g/mol. The SMILES string of the molecule is O=C(NCc1ccc(Br)cc1)c1c[nH]c(=O)[nH]c1=O. The van der Waals surface area contributed by atoms with Crippen molar-refractivity contribution in [2.75, 3.05) is 0 Å². The number of rotatable bonds is 3. The Morgan fingerprint density at radius 1 is 1.21 bits per heavy atom. The molecule has 0 atom stereocenters. The van der Waals surface area contributed by atoms with E-state index in [0.29, 0.717) is 6.54 Å². The Labute approximate surface area is 116 Å². The van der Waals surface area contributed by atoms with Crippen LogP contribution in [0.1, 0.15) is 15.9 Å². The average molecular weight is 324 g/mol. The molecule has 2 rings (SSSR count). The number of H-pyrrole nitrogens is 2. The number of halogens is 1. The van der Waals surface area contributed by atoms with Crippen molar-refractivity contribution in [3.63, 3.8) is 0 Å². The number of hydrogen-bond acceptors (Lipinski definition) is 3. The van der Waals surface area contributed by atoms with Crippen LogP contribution in [0, 0.1) is 0 Å². The van der Waals surface area contributed by atoms with Gasteiger partial charge in [0.1, 0.15) is 5.56 Å². The van der Waals surface area contributed by atoms with E-state index >= 15 is 0 Å². The van der Waals surface area contributed by atoms with Crippen molar-refractivity contribution < 1.29 is 4.79 Å². The zero-order valence-electron chi connectivity index (χ0n) is 9.70. The third kappa shape index (κ3) is 3.41. The minimum Gasteiger partial charge on any atom is -0.348 e. The van der Waals surface area contributed by atoms with Crippen molar-refractivity contribution in [2.24, 2.45) is 0 Å². The van der Waals surface area contributed by atoms with Gasteiger partial charge in [-0.25, -0.2) is 4.79 Å². The minimum atomic E-state index is -0.711. The fourth-order valence-electron chi connectivity index (χ4n) is 1.46. The van der Waals surface area contributed by atoms with E-state index in [-0.39, 0.29) is 5.56 Å². The Balaban J connectivity index is 2.07. The number of aromatic amines is 2. The molecule has 1 heterocycles. The molecule has 0 aliphatic rings. The normalized spacial score (nSPS) is 10.2. The number of carbonyl (C=O) groups excluding carboxylic acids is 1. The summed E-state index contributed by atoms with van der Waals surface area (Å²) in [4.78, 5) is 38.2. The Morgan fingerprint density at radius 2 is 1.89 bits per heavy atom. The largest absolute Gasteiger partial charge is 0.348 e. The Bertz CT molecular complexity index is 703. The number of amides is 1. The van der Waals surface area contributed by atoms with E-state index in [4.69, 9.17) is 0 Å². The van der Waals surface area contributed by atoms with Crippen LogP contribution in [-0.4, -0.2) is 15.9 Å². The molecule has 3 N–H and O–H groups in total. The summed E-state index contributed by atoms with van der Waals surface area (Å²) in [6.07, 6.45) is 1.10. The highest BCUT2D eigenvalue weighted by Gasteiger charge is 2.10. The summed E-state index contributed by atoms with van der Waals surface area (Å²) in [5.41, 5.74) is -0.583. The molecule has 19 heavy (non-hydrogen) atoms. The van der Waals surface area contributed by atoms with Gasteiger partial charge in [-0.1, -0.05) is 28.1 Å². The van der Waals surface area contributed by atoms with E-state index in [1.165, 1.54) is 0 Å².